The van der Waals surface area contributed by atoms with E-state index in [9.17, 15) is 9.59 Å². The molecule has 164 valence electrons. The average molecular weight is 432 g/mol. The quantitative estimate of drug-likeness (QED) is 0.519. The molecule has 2 saturated carbocycles. The van der Waals surface area contributed by atoms with Gasteiger partial charge in [0.1, 0.15) is 25.4 Å². The number of ether oxygens (including phenoxy) is 4. The fourth-order valence-corrected chi connectivity index (χ4v) is 5.22. The van der Waals surface area contributed by atoms with E-state index in [1.54, 1.807) is 0 Å². The summed E-state index contributed by atoms with van der Waals surface area (Å²) < 4.78 is 21.0. The van der Waals surface area contributed by atoms with Crippen molar-refractivity contribution in [3.05, 3.63) is 68.8 Å². The highest BCUT2D eigenvalue weighted by molar-refractivity contribution is 5.94. The van der Waals surface area contributed by atoms with Gasteiger partial charge in [-0.15, -0.1) is 0 Å². The molecule has 2 atom stereocenters. The van der Waals surface area contributed by atoms with Crippen molar-refractivity contribution >= 4 is 11.9 Å². The Hall–Kier alpha value is -2.70. The highest BCUT2D eigenvalue weighted by atomic mass is 16.6. The number of hydrogen-bond donors (Lipinski definition) is 0. The Morgan fingerprint density at radius 3 is 1.38 bits per heavy atom. The number of esters is 2. The van der Waals surface area contributed by atoms with E-state index >= 15 is 0 Å². The number of benzene rings is 2. The van der Waals surface area contributed by atoms with Crippen LogP contribution in [0.3, 0.4) is 0 Å². The molecule has 6 nitrogen and oxygen atoms in total. The normalized spacial score (nSPS) is 26.5. The number of fused-ring (bicyclic) bond motifs is 2. The van der Waals surface area contributed by atoms with Crippen LogP contribution in [0.15, 0.2) is 24.3 Å². The van der Waals surface area contributed by atoms with Gasteiger partial charge in [-0.1, -0.05) is 12.1 Å². The van der Waals surface area contributed by atoms with Gasteiger partial charge >= 0.3 is 11.9 Å². The number of carbonyl (C=O) groups is 2. The zero-order valence-electron chi connectivity index (χ0n) is 17.7. The van der Waals surface area contributed by atoms with Gasteiger partial charge in [-0.3, -0.25) is 0 Å². The molecule has 8 rings (SSSR count). The summed E-state index contributed by atoms with van der Waals surface area (Å²) in [6.45, 7) is 2.57. The molecule has 0 aromatic heterocycles. The Labute approximate surface area is 185 Å². The lowest BCUT2D eigenvalue weighted by Crippen LogP contribution is -1.99. The topological polar surface area (TPSA) is 77.7 Å². The first-order valence-electron chi connectivity index (χ1n) is 11.6. The highest BCUT2D eigenvalue weighted by Gasteiger charge is 2.39. The summed E-state index contributed by atoms with van der Waals surface area (Å²) in [5.41, 5.74) is 9.08. The first kappa shape index (κ1) is 18.8. The Kier molecular flexibility index (Phi) is 4.06. The number of hydrogen-bond acceptors (Lipinski definition) is 6. The molecule has 2 unspecified atom stereocenters. The number of rotatable bonds is 4. The van der Waals surface area contributed by atoms with Crippen molar-refractivity contribution in [1.29, 1.82) is 0 Å². The van der Waals surface area contributed by atoms with Gasteiger partial charge in [0, 0.05) is 11.1 Å². The molecule has 6 heteroatoms. The molecule has 2 aromatic carbocycles. The molecule has 4 aliphatic heterocycles. The van der Waals surface area contributed by atoms with Gasteiger partial charge in [-0.2, -0.15) is 0 Å². The van der Waals surface area contributed by atoms with Crippen molar-refractivity contribution < 1.29 is 28.5 Å². The molecule has 32 heavy (non-hydrogen) atoms. The fourth-order valence-electron chi connectivity index (χ4n) is 5.22. The molecule has 0 amide bonds. The maximum Gasteiger partial charge on any atom is 0.338 e. The van der Waals surface area contributed by atoms with Crippen molar-refractivity contribution in [2.75, 3.05) is 13.2 Å². The van der Waals surface area contributed by atoms with Gasteiger partial charge in [0.05, 0.1) is 24.3 Å². The van der Waals surface area contributed by atoms with Gasteiger partial charge in [-0.05, 0) is 71.9 Å². The standard InChI is InChI=1S/2C13H12O3/c2*14-13-8-3-4-9(11-6-15-11)12(7-1-2-7)10(8)5-16-13/h2*3-4,7,11H,1-2,5-6H2. The first-order valence-corrected chi connectivity index (χ1v) is 11.6. The summed E-state index contributed by atoms with van der Waals surface area (Å²) >= 11 is 0. The maximum absolute atomic E-state index is 11.5. The Morgan fingerprint density at radius 2 is 1.03 bits per heavy atom. The van der Waals surface area contributed by atoms with Gasteiger partial charge in [0.25, 0.3) is 0 Å². The van der Waals surface area contributed by atoms with E-state index < -0.39 is 0 Å². The zero-order valence-corrected chi connectivity index (χ0v) is 17.7. The molecule has 4 heterocycles. The third-order valence-electron chi connectivity index (χ3n) is 7.25. The van der Waals surface area contributed by atoms with Gasteiger partial charge < -0.3 is 18.9 Å². The summed E-state index contributed by atoms with van der Waals surface area (Å²) in [6, 6.07) is 7.90. The third-order valence-corrected chi connectivity index (χ3v) is 7.25. The van der Waals surface area contributed by atoms with E-state index in [1.165, 1.54) is 47.9 Å². The van der Waals surface area contributed by atoms with Crippen molar-refractivity contribution in [1.82, 2.24) is 0 Å². The van der Waals surface area contributed by atoms with E-state index in [-0.39, 0.29) is 24.1 Å². The smallest absolute Gasteiger partial charge is 0.338 e. The van der Waals surface area contributed by atoms with E-state index in [4.69, 9.17) is 18.9 Å². The highest BCUT2D eigenvalue weighted by Crippen LogP contribution is 2.50. The predicted octanol–water partition coefficient (Wildman–Crippen LogP) is 4.61. The molecule has 0 bridgehead atoms. The summed E-state index contributed by atoms with van der Waals surface area (Å²) in [7, 11) is 0. The van der Waals surface area contributed by atoms with Crippen LogP contribution < -0.4 is 0 Å². The van der Waals surface area contributed by atoms with Crippen LogP contribution in [0.4, 0.5) is 0 Å². The van der Waals surface area contributed by atoms with Crippen LogP contribution in [0, 0.1) is 0 Å². The Bertz CT molecular complexity index is 1060. The van der Waals surface area contributed by atoms with Crippen molar-refractivity contribution in [3.63, 3.8) is 0 Å². The van der Waals surface area contributed by atoms with E-state index in [1.807, 2.05) is 12.1 Å². The summed E-state index contributed by atoms with van der Waals surface area (Å²) in [5, 5.41) is 0. The largest absolute Gasteiger partial charge is 0.457 e. The number of epoxide rings is 2. The SMILES string of the molecule is O=C1OCc2c1ccc(C1CO1)c2C1CC1.O=C1OCc2c1ccc(C1CO1)c2C1CC1. The average Bonchev–Trinajstić information content (AvgIpc) is 3.64. The van der Waals surface area contributed by atoms with Gasteiger partial charge in [-0.25, -0.2) is 9.59 Å². The molecular weight excluding hydrogens is 408 g/mol. The van der Waals surface area contributed by atoms with Crippen LogP contribution in [0.1, 0.15) is 104 Å². The maximum atomic E-state index is 11.5. The first-order chi connectivity index (χ1) is 15.7. The minimum atomic E-state index is -0.167. The minimum absolute atomic E-state index is 0.167. The van der Waals surface area contributed by atoms with Gasteiger partial charge in [0.2, 0.25) is 0 Å². The van der Waals surface area contributed by atoms with E-state index in [0.29, 0.717) is 25.0 Å². The van der Waals surface area contributed by atoms with Crippen LogP contribution in [0.25, 0.3) is 0 Å². The molecule has 0 radical (unpaired) electrons. The van der Waals surface area contributed by atoms with Crippen LogP contribution in [-0.4, -0.2) is 25.2 Å². The molecule has 2 aromatic rings. The summed E-state index contributed by atoms with van der Waals surface area (Å²) in [5.74, 6) is 0.952. The second kappa shape index (κ2) is 6.90. The molecule has 6 aliphatic rings. The van der Waals surface area contributed by atoms with Crippen molar-refractivity contribution in [3.8, 4) is 0 Å². The van der Waals surface area contributed by atoms with Crippen LogP contribution in [0.5, 0.6) is 0 Å². The van der Waals surface area contributed by atoms with Crippen molar-refractivity contribution in [2.45, 2.75) is 62.9 Å². The Morgan fingerprint density at radius 1 is 0.625 bits per heavy atom. The Balaban J connectivity index is 0.000000113. The lowest BCUT2D eigenvalue weighted by molar-refractivity contribution is 0.0525. The molecular formula is C26H24O6. The monoisotopic (exact) mass is 432 g/mol. The zero-order chi connectivity index (χ0) is 21.4. The van der Waals surface area contributed by atoms with Crippen LogP contribution >= 0.6 is 0 Å². The molecule has 2 aliphatic carbocycles. The molecule has 4 fully saturated rings. The summed E-state index contributed by atoms with van der Waals surface area (Å²) in [4.78, 5) is 23.0. The van der Waals surface area contributed by atoms with Crippen molar-refractivity contribution in [2.24, 2.45) is 0 Å². The second-order valence-electron chi connectivity index (χ2n) is 9.53. The fraction of sp³-hybridized carbons (Fsp3) is 0.462. The number of cyclic esters (lactones) is 2. The lowest BCUT2D eigenvalue weighted by Gasteiger charge is -2.10. The summed E-state index contributed by atoms with van der Waals surface area (Å²) in [6.07, 6.45) is 5.51. The van der Waals surface area contributed by atoms with E-state index in [2.05, 4.69) is 12.1 Å². The number of carbonyl (C=O) groups excluding carboxylic acids is 2. The lowest BCUT2D eigenvalue weighted by atomic mass is 9.92. The third kappa shape index (κ3) is 3.16. The molecule has 0 spiro atoms. The van der Waals surface area contributed by atoms with E-state index in [0.717, 1.165) is 35.5 Å². The van der Waals surface area contributed by atoms with Gasteiger partial charge in [0.15, 0.2) is 0 Å². The predicted molar refractivity (Wildman–Crippen MR) is 112 cm³/mol. The molecule has 2 saturated heterocycles. The molecule has 0 N–H and O–H groups in total. The van der Waals surface area contributed by atoms with Crippen LogP contribution in [-0.2, 0) is 32.2 Å². The van der Waals surface area contributed by atoms with Crippen LogP contribution in [0.2, 0.25) is 0 Å². The minimum Gasteiger partial charge on any atom is -0.457 e. The second-order valence-corrected chi connectivity index (χ2v) is 9.53.